The average Bonchev–Trinajstić information content (AvgIpc) is 3.26. The molecular formula is C23H30FN5O3S. The van der Waals surface area contributed by atoms with Crippen molar-refractivity contribution in [2.45, 2.75) is 18.6 Å². The van der Waals surface area contributed by atoms with E-state index >= 15 is 0 Å². The molecule has 0 atom stereocenters. The largest absolute Gasteiger partial charge is 0.370 e. The summed E-state index contributed by atoms with van der Waals surface area (Å²) in [4.78, 5) is 22.2. The second-order valence-electron chi connectivity index (χ2n) is 8.89. The van der Waals surface area contributed by atoms with Crippen molar-refractivity contribution in [1.29, 1.82) is 0 Å². The van der Waals surface area contributed by atoms with E-state index < -0.39 is 5.79 Å². The molecular weight excluding hydrogens is 445 g/mol. The maximum Gasteiger partial charge on any atom is 0.257 e. The molecule has 0 unspecified atom stereocenters. The Labute approximate surface area is 197 Å². The monoisotopic (exact) mass is 475 g/mol. The van der Waals surface area contributed by atoms with Gasteiger partial charge in [-0.2, -0.15) is 0 Å². The number of carbonyl (C=O) groups is 1. The van der Waals surface area contributed by atoms with Crippen LogP contribution in [0.3, 0.4) is 0 Å². The molecule has 2 aromatic rings. The molecule has 4 heterocycles. The number of pyridine rings is 1. The van der Waals surface area contributed by atoms with Crippen molar-refractivity contribution in [3.63, 3.8) is 0 Å². The standard InChI is InChI=1S/C23H30FN5O3S/c1-26(2)33-29-11-9-28(10-12-29)22(30)19-16-25-20-4-3-17(24)15-18(20)21(19)27-7-5-23(6-8-27)31-13-14-32-23/h3-4,15-16H,5-14H2,1-2H3. The molecule has 1 aromatic carbocycles. The maximum absolute atomic E-state index is 14.3. The quantitative estimate of drug-likeness (QED) is 0.626. The van der Waals surface area contributed by atoms with Crippen LogP contribution in [0.2, 0.25) is 0 Å². The number of benzene rings is 1. The molecule has 1 spiro atoms. The predicted octanol–water partition coefficient (Wildman–Crippen LogP) is 2.60. The first-order chi connectivity index (χ1) is 15.9. The summed E-state index contributed by atoms with van der Waals surface area (Å²) >= 11 is 1.67. The van der Waals surface area contributed by atoms with Gasteiger partial charge in [0.05, 0.1) is 30.0 Å². The first-order valence-electron chi connectivity index (χ1n) is 11.4. The van der Waals surface area contributed by atoms with E-state index in [2.05, 4.69) is 18.5 Å². The number of piperidine rings is 1. The SMILES string of the molecule is CN(C)SN1CCN(C(=O)c2cnc3ccc(F)cc3c2N2CCC3(CC2)OCCO3)CC1. The normalized spacial score (nSPS) is 21.5. The van der Waals surface area contributed by atoms with E-state index in [1.807, 2.05) is 19.0 Å². The molecule has 8 nitrogen and oxygen atoms in total. The van der Waals surface area contributed by atoms with Crippen LogP contribution >= 0.6 is 12.1 Å². The molecule has 10 heteroatoms. The van der Waals surface area contributed by atoms with Crippen molar-refractivity contribution in [3.8, 4) is 0 Å². The van der Waals surface area contributed by atoms with E-state index in [1.54, 1.807) is 24.4 Å². The molecule has 1 amide bonds. The Bertz CT molecular complexity index is 1010. The van der Waals surface area contributed by atoms with Gasteiger partial charge in [-0.15, -0.1) is 0 Å². The van der Waals surface area contributed by atoms with E-state index in [4.69, 9.17) is 9.47 Å². The molecule has 0 aliphatic carbocycles. The van der Waals surface area contributed by atoms with Crippen molar-refractivity contribution in [3.05, 3.63) is 35.8 Å². The molecule has 0 saturated carbocycles. The van der Waals surface area contributed by atoms with Gasteiger partial charge in [-0.3, -0.25) is 9.78 Å². The zero-order chi connectivity index (χ0) is 23.0. The van der Waals surface area contributed by atoms with Gasteiger partial charge in [-0.25, -0.2) is 13.0 Å². The lowest BCUT2D eigenvalue weighted by Crippen LogP contribution is -2.48. The van der Waals surface area contributed by atoms with Gasteiger partial charge in [-0.1, -0.05) is 0 Å². The van der Waals surface area contributed by atoms with Gasteiger partial charge in [0, 0.05) is 75.8 Å². The van der Waals surface area contributed by atoms with Gasteiger partial charge in [-0.05, 0) is 32.3 Å². The third kappa shape index (κ3) is 4.67. The number of ether oxygens (including phenoxy) is 2. The summed E-state index contributed by atoms with van der Waals surface area (Å²) in [5.74, 6) is -0.901. The summed E-state index contributed by atoms with van der Waals surface area (Å²) in [5, 5.41) is 0.673. The number of aromatic nitrogens is 1. The fourth-order valence-electron chi connectivity index (χ4n) is 4.88. The Kier molecular flexibility index (Phi) is 6.45. The Morgan fingerprint density at radius 1 is 1.09 bits per heavy atom. The number of hydrogen-bond donors (Lipinski definition) is 0. The van der Waals surface area contributed by atoms with Gasteiger partial charge in [0.2, 0.25) is 0 Å². The van der Waals surface area contributed by atoms with Crippen LogP contribution in [0, 0.1) is 5.82 Å². The zero-order valence-corrected chi connectivity index (χ0v) is 19.9. The van der Waals surface area contributed by atoms with Gasteiger partial charge < -0.3 is 19.3 Å². The fraction of sp³-hybridized carbons (Fsp3) is 0.565. The third-order valence-electron chi connectivity index (χ3n) is 6.49. The van der Waals surface area contributed by atoms with Crippen molar-refractivity contribution in [2.24, 2.45) is 0 Å². The van der Waals surface area contributed by atoms with Crippen molar-refractivity contribution in [2.75, 3.05) is 71.5 Å². The summed E-state index contributed by atoms with van der Waals surface area (Å²) in [6.45, 7) is 5.44. The highest BCUT2D eigenvalue weighted by molar-refractivity contribution is 7.94. The molecule has 5 rings (SSSR count). The highest BCUT2D eigenvalue weighted by Gasteiger charge is 2.41. The second-order valence-corrected chi connectivity index (χ2v) is 10.3. The Balaban J connectivity index is 1.43. The number of rotatable bonds is 4. The minimum atomic E-state index is -0.519. The first-order valence-corrected chi connectivity index (χ1v) is 12.2. The Morgan fingerprint density at radius 2 is 1.79 bits per heavy atom. The van der Waals surface area contributed by atoms with Crippen LogP contribution in [0.25, 0.3) is 10.9 Å². The molecule has 3 aliphatic rings. The molecule has 3 saturated heterocycles. The van der Waals surface area contributed by atoms with Crippen LogP contribution in [0.15, 0.2) is 24.4 Å². The maximum atomic E-state index is 14.3. The van der Waals surface area contributed by atoms with Crippen LogP contribution in [0.5, 0.6) is 0 Å². The molecule has 33 heavy (non-hydrogen) atoms. The third-order valence-corrected chi connectivity index (χ3v) is 7.41. The van der Waals surface area contributed by atoms with Crippen LogP contribution < -0.4 is 4.90 Å². The van der Waals surface area contributed by atoms with E-state index in [0.29, 0.717) is 68.7 Å². The molecule has 0 radical (unpaired) electrons. The number of fused-ring (bicyclic) bond motifs is 1. The molecule has 0 bridgehead atoms. The molecule has 3 fully saturated rings. The number of amides is 1. The van der Waals surface area contributed by atoms with Crippen molar-refractivity contribution >= 4 is 34.6 Å². The summed E-state index contributed by atoms with van der Waals surface area (Å²) in [6.07, 6.45) is 3.08. The fourth-order valence-corrected chi connectivity index (χ4v) is 5.67. The van der Waals surface area contributed by atoms with Crippen LogP contribution in [-0.4, -0.2) is 96.8 Å². The van der Waals surface area contributed by atoms with Gasteiger partial charge in [0.1, 0.15) is 5.82 Å². The molecule has 3 aliphatic heterocycles. The van der Waals surface area contributed by atoms with Gasteiger partial charge >= 0.3 is 0 Å². The van der Waals surface area contributed by atoms with Crippen molar-refractivity contribution in [1.82, 2.24) is 18.5 Å². The Hall–Kier alpha value is -1.98. The molecule has 1 aromatic heterocycles. The highest BCUT2D eigenvalue weighted by atomic mass is 32.2. The number of nitrogens with zero attached hydrogens (tertiary/aromatic N) is 5. The number of anilines is 1. The van der Waals surface area contributed by atoms with Crippen LogP contribution in [-0.2, 0) is 9.47 Å². The highest BCUT2D eigenvalue weighted by Crippen LogP contribution is 2.37. The van der Waals surface area contributed by atoms with Gasteiger partial charge in [0.25, 0.3) is 5.91 Å². The minimum absolute atomic E-state index is 0.0492. The number of hydrogen-bond acceptors (Lipinski definition) is 8. The van der Waals surface area contributed by atoms with E-state index in [1.165, 1.54) is 12.1 Å². The average molecular weight is 476 g/mol. The smallest absolute Gasteiger partial charge is 0.257 e. The molecule has 0 N–H and O–H groups in total. The van der Waals surface area contributed by atoms with Crippen LogP contribution in [0.1, 0.15) is 23.2 Å². The zero-order valence-electron chi connectivity index (χ0n) is 19.1. The lowest BCUT2D eigenvalue weighted by molar-refractivity contribution is -0.169. The van der Waals surface area contributed by atoms with Gasteiger partial charge in [0.15, 0.2) is 5.79 Å². The summed E-state index contributed by atoms with van der Waals surface area (Å²) in [6, 6.07) is 4.58. The lowest BCUT2D eigenvalue weighted by atomic mass is 10.00. The second kappa shape index (κ2) is 9.34. The number of piperazine rings is 1. The number of carbonyl (C=O) groups excluding carboxylic acids is 1. The van der Waals surface area contributed by atoms with Crippen LogP contribution in [0.4, 0.5) is 10.1 Å². The minimum Gasteiger partial charge on any atom is -0.370 e. The summed E-state index contributed by atoms with van der Waals surface area (Å²) in [5.41, 5.74) is 1.98. The Morgan fingerprint density at radius 3 is 2.45 bits per heavy atom. The van der Waals surface area contributed by atoms with E-state index in [9.17, 15) is 9.18 Å². The molecule has 178 valence electrons. The topological polar surface area (TPSA) is 61.4 Å². The lowest BCUT2D eigenvalue weighted by Gasteiger charge is -2.40. The first kappa shape index (κ1) is 22.8. The summed E-state index contributed by atoms with van der Waals surface area (Å²) in [7, 11) is 4.03. The van der Waals surface area contributed by atoms with Crippen molar-refractivity contribution < 1.29 is 18.7 Å². The van der Waals surface area contributed by atoms with E-state index in [0.717, 1.165) is 18.8 Å². The number of halogens is 1. The summed E-state index contributed by atoms with van der Waals surface area (Å²) < 4.78 is 30.3. The predicted molar refractivity (Wildman–Crippen MR) is 127 cm³/mol. The van der Waals surface area contributed by atoms with E-state index in [-0.39, 0.29) is 11.7 Å².